The van der Waals surface area contributed by atoms with E-state index in [-0.39, 0.29) is 16.5 Å². The summed E-state index contributed by atoms with van der Waals surface area (Å²) in [5, 5.41) is 6.38. The number of halogens is 2. The van der Waals surface area contributed by atoms with Gasteiger partial charge in [-0.3, -0.25) is 9.59 Å². The van der Waals surface area contributed by atoms with Gasteiger partial charge in [0, 0.05) is 5.02 Å². The number of quaternary nitrogens is 1. The van der Waals surface area contributed by atoms with Crippen molar-refractivity contribution < 1.29 is 19.2 Å². The molecule has 0 aliphatic carbocycles. The molecule has 6 nitrogen and oxygen atoms in total. The van der Waals surface area contributed by atoms with E-state index in [2.05, 4.69) is 10.6 Å². The number of para-hydroxylation sites is 1. The molecule has 0 aromatic heterocycles. The van der Waals surface area contributed by atoms with Crippen molar-refractivity contribution in [2.75, 3.05) is 44.7 Å². The lowest BCUT2D eigenvalue weighted by atomic mass is 10.1. The summed E-state index contributed by atoms with van der Waals surface area (Å²) >= 11 is 12.0. The van der Waals surface area contributed by atoms with Crippen LogP contribution >= 0.6 is 23.2 Å². The van der Waals surface area contributed by atoms with Gasteiger partial charge in [-0.15, -0.1) is 0 Å². The van der Waals surface area contributed by atoms with E-state index >= 15 is 0 Å². The van der Waals surface area contributed by atoms with Crippen molar-refractivity contribution in [3.05, 3.63) is 63.6 Å². The second-order valence-corrected chi connectivity index (χ2v) is 7.34. The highest BCUT2D eigenvalue weighted by Crippen LogP contribution is 2.23. The van der Waals surface area contributed by atoms with Gasteiger partial charge in [0.05, 0.1) is 48.1 Å². The topological polar surface area (TPSA) is 71.9 Å². The molecule has 2 aromatic carbocycles. The summed E-state index contributed by atoms with van der Waals surface area (Å²) in [5.41, 5.74) is 1.12. The maximum Gasteiger partial charge on any atom is 0.257 e. The van der Waals surface area contributed by atoms with E-state index in [9.17, 15) is 9.59 Å². The first-order valence-electron chi connectivity index (χ1n) is 9.09. The molecule has 2 amide bonds. The minimum absolute atomic E-state index is 0.231. The van der Waals surface area contributed by atoms with Gasteiger partial charge in [-0.1, -0.05) is 35.3 Å². The van der Waals surface area contributed by atoms with Crippen LogP contribution in [0.2, 0.25) is 10.0 Å². The highest BCUT2D eigenvalue weighted by atomic mass is 35.5. The maximum absolute atomic E-state index is 12.6. The Hall–Kier alpha value is -2.12. The fourth-order valence-electron chi connectivity index (χ4n) is 3.01. The molecule has 1 heterocycles. The van der Waals surface area contributed by atoms with Crippen molar-refractivity contribution in [1.82, 2.24) is 5.32 Å². The van der Waals surface area contributed by atoms with Crippen molar-refractivity contribution in [2.45, 2.75) is 0 Å². The number of carbonyl (C=O) groups is 2. The minimum atomic E-state index is -0.403. The Morgan fingerprint density at radius 1 is 1.00 bits per heavy atom. The molecule has 1 aliphatic rings. The van der Waals surface area contributed by atoms with E-state index < -0.39 is 5.91 Å². The number of hydrogen-bond donors (Lipinski definition) is 3. The molecule has 2 aromatic rings. The highest BCUT2D eigenvalue weighted by molar-refractivity contribution is 6.37. The smallest absolute Gasteiger partial charge is 0.257 e. The first kappa shape index (κ1) is 20.6. The molecule has 0 atom stereocenters. The van der Waals surface area contributed by atoms with Crippen molar-refractivity contribution in [1.29, 1.82) is 0 Å². The average molecular weight is 423 g/mol. The molecular weight excluding hydrogens is 401 g/mol. The molecule has 1 fully saturated rings. The largest absolute Gasteiger partial charge is 0.370 e. The van der Waals surface area contributed by atoms with Crippen LogP contribution in [0.5, 0.6) is 0 Å². The Balaban J connectivity index is 1.63. The summed E-state index contributed by atoms with van der Waals surface area (Å²) in [6.45, 7) is 4.80. The van der Waals surface area contributed by atoms with E-state index in [0.29, 0.717) is 22.8 Å². The third-order valence-electron chi connectivity index (χ3n) is 4.56. The number of anilines is 1. The fraction of sp³-hybridized carbons (Fsp3) is 0.300. The lowest BCUT2D eigenvalue weighted by Crippen LogP contribution is -3.14. The first-order valence-corrected chi connectivity index (χ1v) is 9.85. The third-order valence-corrected chi connectivity index (χ3v) is 5.11. The zero-order chi connectivity index (χ0) is 19.9. The SMILES string of the molecule is O=C(Nc1ccccc1C(=O)NCC[NH+]1CCOCC1)c1ccc(Cl)cc1Cl. The molecule has 1 saturated heterocycles. The Labute approximate surface area is 173 Å². The van der Waals surface area contributed by atoms with Crippen LogP contribution in [0, 0.1) is 0 Å². The normalized spacial score (nSPS) is 14.5. The molecule has 0 radical (unpaired) electrons. The third kappa shape index (κ3) is 5.45. The Kier molecular flexibility index (Phi) is 7.28. The van der Waals surface area contributed by atoms with E-state index in [4.69, 9.17) is 27.9 Å². The van der Waals surface area contributed by atoms with E-state index in [1.54, 1.807) is 36.4 Å². The van der Waals surface area contributed by atoms with E-state index in [1.165, 1.54) is 11.0 Å². The zero-order valence-electron chi connectivity index (χ0n) is 15.3. The molecule has 28 heavy (non-hydrogen) atoms. The monoisotopic (exact) mass is 422 g/mol. The lowest BCUT2D eigenvalue weighted by molar-refractivity contribution is -0.906. The first-order chi connectivity index (χ1) is 13.5. The van der Waals surface area contributed by atoms with Gasteiger partial charge in [0.25, 0.3) is 11.8 Å². The molecule has 3 rings (SSSR count). The Morgan fingerprint density at radius 2 is 1.75 bits per heavy atom. The summed E-state index contributed by atoms with van der Waals surface area (Å²) in [4.78, 5) is 26.6. The van der Waals surface area contributed by atoms with Crippen molar-refractivity contribution in [2.24, 2.45) is 0 Å². The van der Waals surface area contributed by atoms with Crippen LogP contribution < -0.4 is 15.5 Å². The summed E-state index contributed by atoms with van der Waals surface area (Å²) in [7, 11) is 0. The molecule has 8 heteroatoms. The fourth-order valence-corrected chi connectivity index (χ4v) is 3.51. The van der Waals surface area contributed by atoms with Crippen LogP contribution in [0.4, 0.5) is 5.69 Å². The lowest BCUT2D eigenvalue weighted by Gasteiger charge is -2.23. The van der Waals surface area contributed by atoms with Crippen molar-refractivity contribution >= 4 is 40.7 Å². The number of nitrogens with one attached hydrogen (secondary N) is 3. The van der Waals surface area contributed by atoms with Crippen LogP contribution in [-0.4, -0.2) is 51.2 Å². The van der Waals surface area contributed by atoms with Gasteiger partial charge in [0.15, 0.2) is 0 Å². The molecular formula is C20H22Cl2N3O3+. The molecule has 0 saturated carbocycles. The number of amides is 2. The van der Waals surface area contributed by atoms with Crippen LogP contribution in [0.15, 0.2) is 42.5 Å². The van der Waals surface area contributed by atoms with Gasteiger partial charge in [-0.25, -0.2) is 0 Å². The standard InChI is InChI=1S/C20H21Cl2N3O3/c21-14-5-6-15(17(22)13-14)20(27)24-18-4-2-1-3-16(18)19(26)23-7-8-25-9-11-28-12-10-25/h1-6,13H,7-12H2,(H,23,26)(H,24,27)/p+1. The predicted octanol–water partition coefficient (Wildman–Crippen LogP) is 1.89. The number of ether oxygens (including phenoxy) is 1. The van der Waals surface area contributed by atoms with Gasteiger partial charge in [0.1, 0.15) is 13.1 Å². The van der Waals surface area contributed by atoms with Gasteiger partial charge in [-0.05, 0) is 30.3 Å². The predicted molar refractivity (Wildman–Crippen MR) is 110 cm³/mol. The second-order valence-electron chi connectivity index (χ2n) is 6.49. The Morgan fingerprint density at radius 3 is 2.50 bits per heavy atom. The van der Waals surface area contributed by atoms with Crippen LogP contribution in [0.25, 0.3) is 0 Å². The van der Waals surface area contributed by atoms with E-state index in [1.807, 2.05) is 0 Å². The Bertz CT molecular complexity index is 854. The van der Waals surface area contributed by atoms with Gasteiger partial charge < -0.3 is 20.3 Å². The van der Waals surface area contributed by atoms with Crippen LogP contribution in [0.1, 0.15) is 20.7 Å². The van der Waals surface area contributed by atoms with Crippen molar-refractivity contribution in [3.63, 3.8) is 0 Å². The van der Waals surface area contributed by atoms with Gasteiger partial charge >= 0.3 is 0 Å². The number of carbonyl (C=O) groups excluding carboxylic acids is 2. The maximum atomic E-state index is 12.6. The summed E-state index contributed by atoms with van der Waals surface area (Å²) in [6, 6.07) is 11.5. The highest BCUT2D eigenvalue weighted by Gasteiger charge is 2.17. The van der Waals surface area contributed by atoms with Gasteiger partial charge in [0.2, 0.25) is 0 Å². The molecule has 0 bridgehead atoms. The molecule has 1 aliphatic heterocycles. The number of benzene rings is 2. The van der Waals surface area contributed by atoms with Crippen LogP contribution in [0.3, 0.4) is 0 Å². The quantitative estimate of drug-likeness (QED) is 0.665. The molecule has 3 N–H and O–H groups in total. The summed E-state index contributed by atoms with van der Waals surface area (Å²) in [6.07, 6.45) is 0. The second kappa shape index (κ2) is 9.89. The number of hydrogen-bond acceptors (Lipinski definition) is 3. The van der Waals surface area contributed by atoms with Crippen LogP contribution in [-0.2, 0) is 4.74 Å². The zero-order valence-corrected chi connectivity index (χ0v) is 16.8. The number of morpholine rings is 1. The minimum Gasteiger partial charge on any atom is -0.370 e. The molecule has 0 spiro atoms. The summed E-state index contributed by atoms with van der Waals surface area (Å²) < 4.78 is 5.34. The average Bonchev–Trinajstić information content (AvgIpc) is 2.69. The van der Waals surface area contributed by atoms with Crippen molar-refractivity contribution in [3.8, 4) is 0 Å². The summed E-state index contributed by atoms with van der Waals surface area (Å²) in [5.74, 6) is -0.634. The number of rotatable bonds is 6. The molecule has 0 unspecified atom stereocenters. The van der Waals surface area contributed by atoms with Gasteiger partial charge in [-0.2, -0.15) is 0 Å². The molecule has 148 valence electrons. The van der Waals surface area contributed by atoms with E-state index in [0.717, 1.165) is 32.8 Å².